The van der Waals surface area contributed by atoms with E-state index in [1.807, 2.05) is 11.8 Å². The number of aromatic nitrogens is 1. The molecule has 15 heavy (non-hydrogen) atoms. The molecule has 2 rings (SSSR count). The Morgan fingerprint density at radius 1 is 1.47 bits per heavy atom. The number of hydrogen-bond acceptors (Lipinski definition) is 6. The number of nitrogen functional groups attached to an aromatic ring is 1. The number of anilines is 2. The molecule has 1 aromatic rings. The van der Waals surface area contributed by atoms with E-state index in [2.05, 4.69) is 15.2 Å². The molecule has 0 aliphatic carbocycles. The molecule has 0 amide bonds. The van der Waals surface area contributed by atoms with Gasteiger partial charge in [-0.3, -0.25) is 4.90 Å². The van der Waals surface area contributed by atoms with Crippen LogP contribution in [-0.4, -0.2) is 47.6 Å². The van der Waals surface area contributed by atoms with Crippen LogP contribution in [0.5, 0.6) is 0 Å². The third-order valence-electron chi connectivity index (χ3n) is 2.33. The molecule has 2 heterocycles. The summed E-state index contributed by atoms with van der Waals surface area (Å²) in [5.74, 6) is 2.54. The van der Waals surface area contributed by atoms with Crippen LogP contribution in [0.2, 0.25) is 0 Å². The summed E-state index contributed by atoms with van der Waals surface area (Å²) < 4.78 is 0. The first-order valence-electron chi connectivity index (χ1n) is 5.10. The molecule has 0 radical (unpaired) electrons. The molecule has 1 saturated heterocycles. The Kier molecular flexibility index (Phi) is 4.10. The van der Waals surface area contributed by atoms with E-state index in [1.165, 1.54) is 35.9 Å². The summed E-state index contributed by atoms with van der Waals surface area (Å²) in [5, 5.41) is 4.99. The number of thiazole rings is 1. The van der Waals surface area contributed by atoms with Gasteiger partial charge in [0.25, 0.3) is 0 Å². The van der Waals surface area contributed by atoms with E-state index in [4.69, 9.17) is 5.73 Å². The van der Waals surface area contributed by atoms with Crippen molar-refractivity contribution >= 4 is 33.2 Å². The average Bonchev–Trinajstić information content (AvgIpc) is 2.66. The van der Waals surface area contributed by atoms with Crippen molar-refractivity contribution in [3.05, 3.63) is 6.20 Å². The maximum Gasteiger partial charge on any atom is 0.184 e. The topological polar surface area (TPSA) is 54.2 Å². The molecule has 1 aromatic heterocycles. The summed E-state index contributed by atoms with van der Waals surface area (Å²) in [6, 6.07) is 0. The Labute approximate surface area is 98.2 Å². The van der Waals surface area contributed by atoms with E-state index < -0.39 is 0 Å². The minimum absolute atomic E-state index is 0.770. The molecule has 6 heteroatoms. The quantitative estimate of drug-likeness (QED) is 0.833. The summed E-state index contributed by atoms with van der Waals surface area (Å²) >= 11 is 3.55. The maximum atomic E-state index is 5.60. The molecule has 0 unspecified atom stereocenters. The Bertz CT molecular complexity index is 296. The molecule has 3 N–H and O–H groups in total. The third-order valence-corrected chi connectivity index (χ3v) is 4.06. The molecule has 84 valence electrons. The second-order valence-electron chi connectivity index (χ2n) is 3.45. The lowest BCUT2D eigenvalue weighted by atomic mass is 10.4. The van der Waals surface area contributed by atoms with E-state index in [9.17, 15) is 0 Å². The number of hydrogen-bond donors (Lipinski definition) is 2. The molecule has 0 spiro atoms. The van der Waals surface area contributed by atoms with Crippen LogP contribution in [0.25, 0.3) is 0 Å². The highest BCUT2D eigenvalue weighted by atomic mass is 32.2. The standard InChI is InChI=1S/C9H16N4S2/c10-8-7-12-9(15-8)11-1-2-13-3-5-14-6-4-13/h7H,1-6,10H2,(H,11,12). The van der Waals surface area contributed by atoms with Gasteiger partial charge in [-0.05, 0) is 0 Å². The number of nitrogens with one attached hydrogen (secondary N) is 1. The highest BCUT2D eigenvalue weighted by molar-refractivity contribution is 7.99. The van der Waals surface area contributed by atoms with Gasteiger partial charge < -0.3 is 11.1 Å². The first-order valence-corrected chi connectivity index (χ1v) is 7.07. The van der Waals surface area contributed by atoms with E-state index >= 15 is 0 Å². The fourth-order valence-electron chi connectivity index (χ4n) is 1.51. The van der Waals surface area contributed by atoms with Gasteiger partial charge in [0.2, 0.25) is 0 Å². The number of nitrogens with two attached hydrogens (primary N) is 1. The van der Waals surface area contributed by atoms with Gasteiger partial charge in [-0.25, -0.2) is 4.98 Å². The second-order valence-corrected chi connectivity index (χ2v) is 5.74. The number of thioether (sulfide) groups is 1. The van der Waals surface area contributed by atoms with Crippen molar-refractivity contribution in [1.29, 1.82) is 0 Å². The molecule has 1 aliphatic rings. The highest BCUT2D eigenvalue weighted by Gasteiger charge is 2.09. The fourth-order valence-corrected chi connectivity index (χ4v) is 3.10. The van der Waals surface area contributed by atoms with Gasteiger partial charge in [0.15, 0.2) is 5.13 Å². The second kappa shape index (κ2) is 5.58. The monoisotopic (exact) mass is 244 g/mol. The lowest BCUT2D eigenvalue weighted by Crippen LogP contribution is -2.36. The van der Waals surface area contributed by atoms with Crippen LogP contribution < -0.4 is 11.1 Å². The minimum atomic E-state index is 0.770. The smallest absolute Gasteiger partial charge is 0.184 e. The van der Waals surface area contributed by atoms with Crippen LogP contribution in [0.15, 0.2) is 6.20 Å². The molecule has 0 bridgehead atoms. The fraction of sp³-hybridized carbons (Fsp3) is 0.667. The van der Waals surface area contributed by atoms with Crippen molar-refractivity contribution in [3.8, 4) is 0 Å². The highest BCUT2D eigenvalue weighted by Crippen LogP contribution is 2.19. The van der Waals surface area contributed by atoms with Crippen molar-refractivity contribution in [2.75, 3.05) is 48.7 Å². The molecule has 1 aliphatic heterocycles. The lowest BCUT2D eigenvalue weighted by Gasteiger charge is -2.25. The Morgan fingerprint density at radius 2 is 2.27 bits per heavy atom. The Balaban J connectivity index is 1.65. The van der Waals surface area contributed by atoms with Crippen molar-refractivity contribution < 1.29 is 0 Å². The molecule has 1 fully saturated rings. The largest absolute Gasteiger partial charge is 0.389 e. The first kappa shape index (κ1) is 11.0. The van der Waals surface area contributed by atoms with Crippen molar-refractivity contribution in [1.82, 2.24) is 9.88 Å². The van der Waals surface area contributed by atoms with E-state index in [1.54, 1.807) is 6.20 Å². The van der Waals surface area contributed by atoms with Gasteiger partial charge in [0.05, 0.1) is 6.20 Å². The summed E-state index contributed by atoms with van der Waals surface area (Å²) in [4.78, 5) is 6.64. The first-order chi connectivity index (χ1) is 7.34. The van der Waals surface area contributed by atoms with Crippen LogP contribution in [0.1, 0.15) is 0 Å². The summed E-state index contributed by atoms with van der Waals surface area (Å²) in [7, 11) is 0. The Hall–Kier alpha value is -0.460. The molecule has 0 atom stereocenters. The summed E-state index contributed by atoms with van der Waals surface area (Å²) in [5.41, 5.74) is 5.60. The zero-order valence-corrected chi connectivity index (χ0v) is 10.2. The summed E-state index contributed by atoms with van der Waals surface area (Å²) in [6.45, 7) is 4.48. The molecular formula is C9H16N4S2. The normalized spacial score (nSPS) is 17.9. The van der Waals surface area contributed by atoms with Crippen molar-refractivity contribution in [2.45, 2.75) is 0 Å². The number of rotatable bonds is 4. The zero-order chi connectivity index (χ0) is 10.5. The van der Waals surface area contributed by atoms with Gasteiger partial charge in [0, 0.05) is 37.7 Å². The van der Waals surface area contributed by atoms with Gasteiger partial charge in [-0.1, -0.05) is 11.3 Å². The van der Waals surface area contributed by atoms with Gasteiger partial charge >= 0.3 is 0 Å². The van der Waals surface area contributed by atoms with Gasteiger partial charge in [-0.15, -0.1) is 0 Å². The van der Waals surface area contributed by atoms with Crippen molar-refractivity contribution in [2.24, 2.45) is 0 Å². The van der Waals surface area contributed by atoms with Crippen molar-refractivity contribution in [3.63, 3.8) is 0 Å². The molecule has 4 nitrogen and oxygen atoms in total. The summed E-state index contributed by atoms with van der Waals surface area (Å²) in [6.07, 6.45) is 1.70. The van der Waals surface area contributed by atoms with Gasteiger partial charge in [-0.2, -0.15) is 11.8 Å². The van der Waals surface area contributed by atoms with E-state index in [-0.39, 0.29) is 0 Å². The molecule has 0 saturated carbocycles. The average molecular weight is 244 g/mol. The van der Waals surface area contributed by atoms with Crippen LogP contribution in [-0.2, 0) is 0 Å². The van der Waals surface area contributed by atoms with Crippen LogP contribution in [0.4, 0.5) is 10.1 Å². The van der Waals surface area contributed by atoms with Crippen LogP contribution in [0, 0.1) is 0 Å². The minimum Gasteiger partial charge on any atom is -0.389 e. The van der Waals surface area contributed by atoms with Crippen LogP contribution >= 0.6 is 23.1 Å². The number of nitrogens with zero attached hydrogens (tertiary/aromatic N) is 2. The molecule has 0 aromatic carbocycles. The predicted octanol–water partition coefficient (Wildman–Crippen LogP) is 1.19. The van der Waals surface area contributed by atoms with Gasteiger partial charge in [0.1, 0.15) is 5.00 Å². The zero-order valence-electron chi connectivity index (χ0n) is 8.61. The van der Waals surface area contributed by atoms with E-state index in [0.717, 1.165) is 23.2 Å². The maximum absolute atomic E-state index is 5.60. The lowest BCUT2D eigenvalue weighted by molar-refractivity contribution is 0.314. The SMILES string of the molecule is Nc1cnc(NCCN2CCSCC2)s1. The molecular weight excluding hydrogens is 228 g/mol. The third kappa shape index (κ3) is 3.55. The Morgan fingerprint density at radius 3 is 2.93 bits per heavy atom. The van der Waals surface area contributed by atoms with E-state index in [0.29, 0.717) is 0 Å². The predicted molar refractivity (Wildman–Crippen MR) is 68.8 cm³/mol. The van der Waals surface area contributed by atoms with Crippen LogP contribution in [0.3, 0.4) is 0 Å².